The van der Waals surface area contributed by atoms with Gasteiger partial charge in [-0.15, -0.1) is 0 Å². The van der Waals surface area contributed by atoms with Gasteiger partial charge in [0.2, 0.25) is 5.89 Å². The molecule has 3 rings (SSSR count). The normalized spacial score (nSPS) is 21.4. The number of hydrogen-bond acceptors (Lipinski definition) is 4. The second-order valence-corrected chi connectivity index (χ2v) is 4.65. The summed E-state index contributed by atoms with van der Waals surface area (Å²) in [5.41, 5.74) is 1.76. The van der Waals surface area contributed by atoms with Gasteiger partial charge in [0, 0.05) is 13.2 Å². The molecule has 1 aromatic heterocycles. The first kappa shape index (κ1) is 10.7. The SMILES string of the molecule is OCC1CCN(Cc2nc3ccccc3o2)C1. The Hall–Kier alpha value is -1.39. The van der Waals surface area contributed by atoms with Gasteiger partial charge in [0.1, 0.15) is 5.52 Å². The lowest BCUT2D eigenvalue weighted by Gasteiger charge is -2.12. The summed E-state index contributed by atoms with van der Waals surface area (Å²) in [4.78, 5) is 6.74. The number of aromatic nitrogens is 1. The second-order valence-electron chi connectivity index (χ2n) is 4.65. The Kier molecular flexibility index (Phi) is 2.82. The van der Waals surface area contributed by atoms with Crippen molar-refractivity contribution in [3.63, 3.8) is 0 Å². The van der Waals surface area contributed by atoms with Gasteiger partial charge in [-0.2, -0.15) is 0 Å². The highest BCUT2D eigenvalue weighted by Crippen LogP contribution is 2.20. The van der Waals surface area contributed by atoms with Crippen molar-refractivity contribution in [2.24, 2.45) is 5.92 Å². The Balaban J connectivity index is 1.73. The van der Waals surface area contributed by atoms with Crippen LogP contribution in [0.15, 0.2) is 28.7 Å². The van der Waals surface area contributed by atoms with E-state index in [1.807, 2.05) is 24.3 Å². The summed E-state index contributed by atoms with van der Waals surface area (Å²) >= 11 is 0. The number of likely N-dealkylation sites (tertiary alicyclic amines) is 1. The highest BCUT2D eigenvalue weighted by atomic mass is 16.3. The van der Waals surface area contributed by atoms with Crippen LogP contribution < -0.4 is 0 Å². The molecule has 1 unspecified atom stereocenters. The molecule has 90 valence electrons. The lowest BCUT2D eigenvalue weighted by Crippen LogP contribution is -2.21. The fourth-order valence-electron chi connectivity index (χ4n) is 2.38. The quantitative estimate of drug-likeness (QED) is 0.874. The number of aliphatic hydroxyl groups is 1. The molecule has 2 aromatic rings. The largest absolute Gasteiger partial charge is 0.439 e. The second kappa shape index (κ2) is 4.47. The number of rotatable bonds is 3. The fraction of sp³-hybridized carbons (Fsp3) is 0.462. The standard InChI is InChI=1S/C13H16N2O2/c16-9-10-5-6-15(7-10)8-13-14-11-3-1-2-4-12(11)17-13/h1-4,10,16H,5-9H2. The molecular formula is C13H16N2O2. The third-order valence-corrected chi connectivity index (χ3v) is 3.33. The topological polar surface area (TPSA) is 49.5 Å². The van der Waals surface area contributed by atoms with Gasteiger partial charge in [-0.3, -0.25) is 4.90 Å². The maximum Gasteiger partial charge on any atom is 0.209 e. The zero-order valence-corrected chi connectivity index (χ0v) is 9.67. The molecule has 0 bridgehead atoms. The minimum Gasteiger partial charge on any atom is -0.439 e. The first-order chi connectivity index (χ1) is 8.35. The molecule has 0 amide bonds. The molecule has 0 saturated carbocycles. The average molecular weight is 232 g/mol. The summed E-state index contributed by atoms with van der Waals surface area (Å²) in [5, 5.41) is 9.10. The molecule has 2 heterocycles. The van der Waals surface area contributed by atoms with Crippen LogP contribution in [0.4, 0.5) is 0 Å². The number of hydrogen-bond donors (Lipinski definition) is 1. The molecule has 0 aliphatic carbocycles. The van der Waals surface area contributed by atoms with Crippen molar-refractivity contribution in [2.45, 2.75) is 13.0 Å². The molecule has 1 aliphatic heterocycles. The predicted octanol–water partition coefficient (Wildman–Crippen LogP) is 1.64. The van der Waals surface area contributed by atoms with E-state index in [1.165, 1.54) is 0 Å². The first-order valence-corrected chi connectivity index (χ1v) is 6.03. The molecule has 1 atom stereocenters. The van der Waals surface area contributed by atoms with Crippen molar-refractivity contribution in [3.8, 4) is 0 Å². The van der Waals surface area contributed by atoms with Crippen LogP contribution in [-0.2, 0) is 6.54 Å². The van der Waals surface area contributed by atoms with E-state index in [1.54, 1.807) is 0 Å². The lowest BCUT2D eigenvalue weighted by atomic mass is 10.1. The van der Waals surface area contributed by atoms with Gasteiger partial charge in [-0.1, -0.05) is 12.1 Å². The summed E-state index contributed by atoms with van der Waals surface area (Å²) < 4.78 is 5.68. The van der Waals surface area contributed by atoms with E-state index in [0.29, 0.717) is 5.92 Å². The number of fused-ring (bicyclic) bond motifs is 1. The summed E-state index contributed by atoms with van der Waals surface area (Å²) in [7, 11) is 0. The van der Waals surface area contributed by atoms with E-state index in [2.05, 4.69) is 9.88 Å². The Morgan fingerprint density at radius 1 is 1.41 bits per heavy atom. The molecule has 0 spiro atoms. The van der Waals surface area contributed by atoms with E-state index in [9.17, 15) is 0 Å². The summed E-state index contributed by atoms with van der Waals surface area (Å²) in [5.74, 6) is 1.18. The number of aliphatic hydroxyl groups excluding tert-OH is 1. The van der Waals surface area contributed by atoms with E-state index in [4.69, 9.17) is 9.52 Å². The third-order valence-electron chi connectivity index (χ3n) is 3.33. The number of oxazole rings is 1. The summed E-state index contributed by atoms with van der Waals surface area (Å²) in [6.45, 7) is 2.98. The van der Waals surface area contributed by atoms with Gasteiger partial charge in [0.15, 0.2) is 5.58 Å². The number of nitrogens with zero attached hydrogens (tertiary/aromatic N) is 2. The first-order valence-electron chi connectivity index (χ1n) is 6.03. The van der Waals surface area contributed by atoms with Crippen molar-refractivity contribution in [1.82, 2.24) is 9.88 Å². The number of benzene rings is 1. The molecule has 1 aliphatic rings. The van der Waals surface area contributed by atoms with Gasteiger partial charge in [0.05, 0.1) is 6.54 Å². The van der Waals surface area contributed by atoms with Gasteiger partial charge in [0.25, 0.3) is 0 Å². The lowest BCUT2D eigenvalue weighted by molar-refractivity contribution is 0.215. The smallest absolute Gasteiger partial charge is 0.209 e. The van der Waals surface area contributed by atoms with Crippen LogP contribution in [0.3, 0.4) is 0 Å². The summed E-state index contributed by atoms with van der Waals surface area (Å²) in [6.07, 6.45) is 1.07. The molecule has 1 fully saturated rings. The van der Waals surface area contributed by atoms with Crippen LogP contribution in [0.2, 0.25) is 0 Å². The summed E-state index contributed by atoms with van der Waals surface area (Å²) in [6, 6.07) is 7.82. The third kappa shape index (κ3) is 2.18. The van der Waals surface area contributed by atoms with Crippen molar-refractivity contribution < 1.29 is 9.52 Å². The molecule has 17 heavy (non-hydrogen) atoms. The van der Waals surface area contributed by atoms with Crippen molar-refractivity contribution in [3.05, 3.63) is 30.2 Å². The Morgan fingerprint density at radius 2 is 2.29 bits per heavy atom. The number of para-hydroxylation sites is 2. The zero-order chi connectivity index (χ0) is 11.7. The molecule has 0 radical (unpaired) electrons. The average Bonchev–Trinajstić information content (AvgIpc) is 2.94. The molecular weight excluding hydrogens is 216 g/mol. The zero-order valence-electron chi connectivity index (χ0n) is 9.67. The highest BCUT2D eigenvalue weighted by Gasteiger charge is 2.22. The van der Waals surface area contributed by atoms with Crippen LogP contribution in [0.25, 0.3) is 11.1 Å². The van der Waals surface area contributed by atoms with Crippen LogP contribution in [0, 0.1) is 5.92 Å². The molecule has 4 heteroatoms. The monoisotopic (exact) mass is 232 g/mol. The Morgan fingerprint density at radius 3 is 3.06 bits per heavy atom. The van der Waals surface area contributed by atoms with E-state index < -0.39 is 0 Å². The maximum absolute atomic E-state index is 9.10. The highest BCUT2D eigenvalue weighted by molar-refractivity contribution is 5.72. The minimum absolute atomic E-state index is 0.282. The van der Waals surface area contributed by atoms with E-state index >= 15 is 0 Å². The fourth-order valence-corrected chi connectivity index (χ4v) is 2.38. The van der Waals surface area contributed by atoms with E-state index in [-0.39, 0.29) is 6.61 Å². The Bertz CT molecular complexity index is 476. The van der Waals surface area contributed by atoms with Crippen molar-refractivity contribution in [1.29, 1.82) is 0 Å². The molecule has 1 saturated heterocycles. The van der Waals surface area contributed by atoms with Gasteiger partial charge >= 0.3 is 0 Å². The minimum atomic E-state index is 0.282. The molecule has 1 N–H and O–H groups in total. The van der Waals surface area contributed by atoms with E-state index in [0.717, 1.165) is 43.0 Å². The van der Waals surface area contributed by atoms with Crippen molar-refractivity contribution in [2.75, 3.05) is 19.7 Å². The van der Waals surface area contributed by atoms with Crippen LogP contribution >= 0.6 is 0 Å². The van der Waals surface area contributed by atoms with Gasteiger partial charge in [-0.05, 0) is 31.0 Å². The molecule has 4 nitrogen and oxygen atoms in total. The Labute approximate surface area is 99.9 Å². The van der Waals surface area contributed by atoms with Crippen LogP contribution in [0.5, 0.6) is 0 Å². The van der Waals surface area contributed by atoms with Crippen molar-refractivity contribution >= 4 is 11.1 Å². The maximum atomic E-state index is 9.10. The predicted molar refractivity (Wildman–Crippen MR) is 64.5 cm³/mol. The van der Waals surface area contributed by atoms with Gasteiger partial charge in [-0.25, -0.2) is 4.98 Å². The van der Waals surface area contributed by atoms with Gasteiger partial charge < -0.3 is 9.52 Å². The van der Waals surface area contributed by atoms with Crippen LogP contribution in [0.1, 0.15) is 12.3 Å². The van der Waals surface area contributed by atoms with Crippen LogP contribution in [-0.4, -0.2) is 34.7 Å². The molecule has 1 aromatic carbocycles.